The molecule has 4 aromatic heterocycles. The van der Waals surface area contributed by atoms with Crippen molar-refractivity contribution in [2.75, 3.05) is 0 Å². The smallest absolute Gasteiger partial charge is 0.139 e. The van der Waals surface area contributed by atoms with Gasteiger partial charge in [0, 0.05) is 56.0 Å². The summed E-state index contributed by atoms with van der Waals surface area (Å²) in [5, 5.41) is 4.06. The highest BCUT2D eigenvalue weighted by molar-refractivity contribution is 6.13. The van der Waals surface area contributed by atoms with Gasteiger partial charge in [-0.1, -0.05) is 96.9 Å². The number of aromatic nitrogens is 4. The highest BCUT2D eigenvalue weighted by atomic mass is 15.1. The molecule has 0 bridgehead atoms. The van der Waals surface area contributed by atoms with Gasteiger partial charge < -0.3 is 9.13 Å². The van der Waals surface area contributed by atoms with Crippen LogP contribution in [0.2, 0.25) is 0 Å². The van der Waals surface area contributed by atoms with Crippen LogP contribution in [0.1, 0.15) is 11.0 Å². The number of para-hydroxylation sites is 5. The monoisotopic (exact) mass is 582 g/mol. The van der Waals surface area contributed by atoms with E-state index >= 15 is 0 Å². The maximum atomic E-state index is 8.97. The molecule has 0 spiro atoms. The van der Waals surface area contributed by atoms with Gasteiger partial charge in [0.2, 0.25) is 0 Å². The average molecular weight is 583 g/mol. The summed E-state index contributed by atoms with van der Waals surface area (Å²) in [6.45, 7) is 0. The van der Waals surface area contributed by atoms with Crippen molar-refractivity contribution in [3.05, 3.63) is 158 Å². The van der Waals surface area contributed by atoms with Crippen LogP contribution >= 0.6 is 0 Å². The van der Waals surface area contributed by atoms with Crippen LogP contribution in [0.15, 0.2) is 158 Å². The first kappa shape index (κ1) is 17.9. The Hall–Kier alpha value is -6.13. The van der Waals surface area contributed by atoms with Gasteiger partial charge >= 0.3 is 0 Å². The first-order valence-corrected chi connectivity index (χ1v) is 14.7. The van der Waals surface area contributed by atoms with E-state index in [4.69, 9.17) is 16.0 Å². The van der Waals surface area contributed by atoms with Crippen molar-refractivity contribution in [2.24, 2.45) is 0 Å². The van der Waals surface area contributed by atoms with Crippen LogP contribution in [0.5, 0.6) is 0 Å². The van der Waals surface area contributed by atoms with E-state index in [0.29, 0.717) is 0 Å². The highest BCUT2D eigenvalue weighted by Crippen LogP contribution is 2.38. The third kappa shape index (κ3) is 3.39. The summed E-state index contributed by atoms with van der Waals surface area (Å²) >= 11 is 0. The first-order chi connectivity index (χ1) is 25.7. The van der Waals surface area contributed by atoms with Gasteiger partial charge in [0.1, 0.15) is 5.82 Å². The van der Waals surface area contributed by atoms with Gasteiger partial charge in [0.05, 0.1) is 44.1 Å². The molecule has 0 unspecified atom stereocenters. The van der Waals surface area contributed by atoms with E-state index < -0.39 is 24.2 Å². The van der Waals surface area contributed by atoms with E-state index in [9.17, 15) is 0 Å². The zero-order valence-electron chi connectivity index (χ0n) is 31.7. The normalized spacial score (nSPS) is 14.5. The van der Waals surface area contributed by atoms with Crippen LogP contribution < -0.4 is 0 Å². The molecule has 0 fully saturated rings. The van der Waals surface area contributed by atoms with Crippen molar-refractivity contribution in [1.29, 1.82) is 0 Å². The number of fused-ring (bicyclic) bond motifs is 9. The van der Waals surface area contributed by atoms with Crippen molar-refractivity contribution >= 4 is 65.4 Å². The third-order valence-electron chi connectivity index (χ3n) is 8.74. The molecule has 10 rings (SSSR count). The molecule has 0 amide bonds. The fourth-order valence-corrected chi connectivity index (χ4v) is 6.86. The third-order valence-corrected chi connectivity index (χ3v) is 8.74. The Morgan fingerprint density at radius 2 is 0.956 bits per heavy atom. The largest absolute Gasteiger partial charge is 0.309 e. The minimum Gasteiger partial charge on any atom is -0.309 e. The number of benzene rings is 6. The molecule has 0 atom stereocenters. The molecule has 45 heavy (non-hydrogen) atoms. The molecule has 0 aliphatic rings. The van der Waals surface area contributed by atoms with Crippen LogP contribution in [0.4, 0.5) is 0 Å². The average Bonchev–Trinajstić information content (AvgIpc) is 3.83. The Morgan fingerprint density at radius 3 is 1.67 bits per heavy atom. The second-order valence-corrected chi connectivity index (χ2v) is 11.1. The van der Waals surface area contributed by atoms with E-state index in [0.717, 1.165) is 55.0 Å². The van der Waals surface area contributed by atoms with Gasteiger partial charge in [0.15, 0.2) is 0 Å². The molecular weight excluding hydrogens is 548 g/mol. The van der Waals surface area contributed by atoms with Crippen LogP contribution in [0.25, 0.3) is 82.6 Å². The molecule has 0 aliphatic carbocycles. The molecular formula is C41H26N4. The lowest BCUT2D eigenvalue weighted by atomic mass is 10.1. The van der Waals surface area contributed by atoms with Crippen LogP contribution in [0.3, 0.4) is 0 Å². The lowest BCUT2D eigenvalue weighted by Gasteiger charge is -2.12. The quantitative estimate of drug-likeness (QED) is 0.204. The van der Waals surface area contributed by atoms with Crippen molar-refractivity contribution in [1.82, 2.24) is 18.7 Å². The SMILES string of the molecule is [2H]c1c([2H])c([2H])c2c(c1[2H])c1c([2H])c([2H])c([2H])c([2H])c1n2-c1cc2c(cn1)c1ccccc1n2-c1ccc2c3ccccc3n(-c3ccccc3)c2c1. The summed E-state index contributed by atoms with van der Waals surface area (Å²) in [7, 11) is 0. The lowest BCUT2D eigenvalue weighted by molar-refractivity contribution is 1.08. The topological polar surface area (TPSA) is 27.7 Å². The first-order valence-electron chi connectivity index (χ1n) is 18.7. The lowest BCUT2D eigenvalue weighted by Crippen LogP contribution is -1.99. The van der Waals surface area contributed by atoms with E-state index in [1.54, 1.807) is 6.20 Å². The Bertz CT molecular complexity index is 3140. The Labute approximate surface area is 269 Å². The Kier molecular flexibility index (Phi) is 3.64. The maximum absolute atomic E-state index is 8.97. The van der Waals surface area contributed by atoms with E-state index in [1.165, 1.54) is 4.57 Å². The number of rotatable bonds is 3. The summed E-state index contributed by atoms with van der Waals surface area (Å²) < 4.78 is 75.3. The van der Waals surface area contributed by atoms with Crippen molar-refractivity contribution in [3.8, 4) is 17.2 Å². The number of hydrogen-bond donors (Lipinski definition) is 0. The van der Waals surface area contributed by atoms with E-state index in [-0.39, 0.29) is 51.8 Å². The van der Waals surface area contributed by atoms with Crippen molar-refractivity contribution < 1.29 is 11.0 Å². The zero-order valence-corrected chi connectivity index (χ0v) is 23.7. The fraction of sp³-hybridized carbons (Fsp3) is 0. The molecule has 4 nitrogen and oxygen atoms in total. The minimum absolute atomic E-state index is 0.0135. The summed E-state index contributed by atoms with van der Waals surface area (Å²) in [4.78, 5) is 4.83. The molecule has 0 radical (unpaired) electrons. The molecule has 4 heteroatoms. The Morgan fingerprint density at radius 1 is 0.400 bits per heavy atom. The van der Waals surface area contributed by atoms with Gasteiger partial charge in [0.25, 0.3) is 0 Å². The van der Waals surface area contributed by atoms with Gasteiger partial charge in [-0.3, -0.25) is 4.57 Å². The summed E-state index contributed by atoms with van der Waals surface area (Å²) in [5.41, 5.74) is 5.76. The number of hydrogen-bond acceptors (Lipinski definition) is 1. The molecule has 4 heterocycles. The Balaban J connectivity index is 1.33. The fourth-order valence-electron chi connectivity index (χ4n) is 6.86. The molecule has 0 N–H and O–H groups in total. The molecule has 210 valence electrons. The predicted octanol–water partition coefficient (Wildman–Crippen LogP) is 10.4. The molecule has 0 saturated heterocycles. The van der Waals surface area contributed by atoms with Crippen LogP contribution in [-0.4, -0.2) is 18.7 Å². The molecule has 0 aliphatic heterocycles. The van der Waals surface area contributed by atoms with Crippen LogP contribution in [0, 0.1) is 0 Å². The second-order valence-electron chi connectivity index (χ2n) is 11.1. The van der Waals surface area contributed by atoms with Crippen LogP contribution in [-0.2, 0) is 0 Å². The number of pyridine rings is 1. The maximum Gasteiger partial charge on any atom is 0.139 e. The molecule has 10 aromatic rings. The zero-order chi connectivity index (χ0) is 36.4. The standard InChI is InChI=1S/C41H26N4/c1-2-12-27(13-3-1)43-35-18-8-4-16-31(35)33-23-22-28(24-39(33)43)44-36-19-9-7-17-32(36)34-26-42-41(25-40(34)44)45-37-20-10-5-14-29(37)30-15-6-11-21-38(30)45/h1-26H/i5D,6D,10D,11D,14D,15D,20D,21D. The molecule has 6 aromatic carbocycles. The van der Waals surface area contributed by atoms with Gasteiger partial charge in [-0.05, 0) is 48.5 Å². The van der Waals surface area contributed by atoms with Gasteiger partial charge in [-0.25, -0.2) is 4.98 Å². The second kappa shape index (κ2) is 9.18. The molecule has 0 saturated carbocycles. The predicted molar refractivity (Wildman–Crippen MR) is 187 cm³/mol. The summed E-state index contributed by atoms with van der Waals surface area (Å²) in [6, 6.07) is 31.4. The minimum atomic E-state index is -0.485. The van der Waals surface area contributed by atoms with Crippen molar-refractivity contribution in [3.63, 3.8) is 0 Å². The summed E-state index contributed by atoms with van der Waals surface area (Å²) in [6.07, 6.45) is 1.72. The van der Waals surface area contributed by atoms with Gasteiger partial charge in [-0.15, -0.1) is 0 Å². The summed E-state index contributed by atoms with van der Waals surface area (Å²) in [5.74, 6) is 0.246. The van der Waals surface area contributed by atoms with E-state index in [2.05, 4.69) is 51.6 Å². The van der Waals surface area contributed by atoms with Gasteiger partial charge in [-0.2, -0.15) is 0 Å². The van der Waals surface area contributed by atoms with Crippen molar-refractivity contribution in [2.45, 2.75) is 0 Å². The van der Waals surface area contributed by atoms with E-state index in [1.807, 2.05) is 60.7 Å². The highest BCUT2D eigenvalue weighted by Gasteiger charge is 2.19. The number of nitrogens with zero attached hydrogens (tertiary/aromatic N) is 4.